The molecule has 0 saturated carbocycles. The maximum atomic E-state index is 10.8. The fourth-order valence-corrected chi connectivity index (χ4v) is 2.12. The van der Waals surface area contributed by atoms with Gasteiger partial charge in [-0.1, -0.05) is 6.07 Å². The molecule has 21 heavy (non-hydrogen) atoms. The van der Waals surface area contributed by atoms with Crippen LogP contribution < -0.4 is 14.8 Å². The average molecular weight is 289 g/mol. The summed E-state index contributed by atoms with van der Waals surface area (Å²) in [6, 6.07) is 8.78. The number of carbonyl (C=O) groups is 1. The summed E-state index contributed by atoms with van der Waals surface area (Å²) in [5, 5.41) is 12.1. The maximum Gasteiger partial charge on any atom is 0.371 e. The quantitative estimate of drug-likeness (QED) is 0.880. The molecule has 0 radical (unpaired) electrons. The van der Waals surface area contributed by atoms with Crippen molar-refractivity contribution in [1.82, 2.24) is 5.32 Å². The lowest BCUT2D eigenvalue weighted by Gasteiger charge is -2.11. The van der Waals surface area contributed by atoms with Crippen molar-refractivity contribution in [3.8, 4) is 11.5 Å². The summed E-state index contributed by atoms with van der Waals surface area (Å²) in [4.78, 5) is 10.8. The molecule has 2 aromatic rings. The summed E-state index contributed by atoms with van der Waals surface area (Å²) >= 11 is 0. The monoisotopic (exact) mass is 289 g/mol. The second kappa shape index (κ2) is 5.49. The Morgan fingerprint density at radius 3 is 2.86 bits per heavy atom. The van der Waals surface area contributed by atoms with Crippen molar-refractivity contribution in [3.05, 3.63) is 47.4 Å². The van der Waals surface area contributed by atoms with E-state index >= 15 is 0 Å². The van der Waals surface area contributed by atoms with E-state index in [1.54, 1.807) is 6.07 Å². The van der Waals surface area contributed by atoms with Crippen LogP contribution >= 0.6 is 0 Å². The molecule has 2 N–H and O–H groups in total. The van der Waals surface area contributed by atoms with Crippen molar-refractivity contribution in [2.24, 2.45) is 0 Å². The third-order valence-electron chi connectivity index (χ3n) is 3.31. The number of furan rings is 1. The van der Waals surface area contributed by atoms with Gasteiger partial charge in [-0.25, -0.2) is 4.79 Å². The Morgan fingerprint density at radius 2 is 2.10 bits per heavy atom. The van der Waals surface area contributed by atoms with Gasteiger partial charge in [0.05, 0.1) is 6.04 Å². The van der Waals surface area contributed by atoms with E-state index in [9.17, 15) is 4.79 Å². The molecule has 1 aliphatic heterocycles. The molecule has 0 bridgehead atoms. The highest BCUT2D eigenvalue weighted by molar-refractivity contribution is 5.84. The Bertz CT molecular complexity index is 664. The zero-order valence-corrected chi connectivity index (χ0v) is 11.5. The summed E-state index contributed by atoms with van der Waals surface area (Å²) in [5.74, 6) is 0.969. The van der Waals surface area contributed by atoms with Gasteiger partial charge in [0, 0.05) is 6.54 Å². The number of nitrogens with one attached hydrogen (secondary N) is 1. The minimum absolute atomic E-state index is 0.0540. The van der Waals surface area contributed by atoms with E-state index in [2.05, 4.69) is 5.32 Å². The Hall–Kier alpha value is -2.47. The number of aromatic carboxylic acids is 1. The normalized spacial score (nSPS) is 14.1. The van der Waals surface area contributed by atoms with Crippen molar-refractivity contribution in [2.45, 2.75) is 19.5 Å². The second-order valence-corrected chi connectivity index (χ2v) is 4.80. The third kappa shape index (κ3) is 2.85. The number of hydrogen-bond donors (Lipinski definition) is 2. The van der Waals surface area contributed by atoms with E-state index in [0.29, 0.717) is 12.3 Å². The first-order chi connectivity index (χ1) is 10.1. The molecule has 110 valence electrons. The van der Waals surface area contributed by atoms with Gasteiger partial charge in [0.1, 0.15) is 5.76 Å². The summed E-state index contributed by atoms with van der Waals surface area (Å²) in [6.07, 6.45) is 0. The first-order valence-electron chi connectivity index (χ1n) is 6.58. The Labute approximate surface area is 121 Å². The molecule has 0 aliphatic carbocycles. The van der Waals surface area contributed by atoms with Crippen LogP contribution in [0.4, 0.5) is 0 Å². The van der Waals surface area contributed by atoms with E-state index in [0.717, 1.165) is 17.1 Å². The topological polar surface area (TPSA) is 80.9 Å². The standard InChI is InChI=1S/C15H15NO5/c1-9(11-4-5-13(21-11)15(17)18)16-7-10-2-3-12-14(6-10)20-8-19-12/h2-6,9,16H,7-8H2,1H3,(H,17,18). The third-order valence-corrected chi connectivity index (χ3v) is 3.31. The van der Waals surface area contributed by atoms with Crippen LogP contribution in [0.15, 0.2) is 34.7 Å². The molecular weight excluding hydrogens is 274 g/mol. The molecule has 6 heteroatoms. The molecule has 0 fully saturated rings. The average Bonchev–Trinajstić information content (AvgIpc) is 3.12. The lowest BCUT2D eigenvalue weighted by Crippen LogP contribution is -2.17. The first kappa shape index (κ1) is 13.5. The summed E-state index contributed by atoms with van der Waals surface area (Å²) in [6.45, 7) is 2.78. The first-order valence-corrected chi connectivity index (χ1v) is 6.58. The number of fused-ring (bicyclic) bond motifs is 1. The van der Waals surface area contributed by atoms with Crippen LogP contribution in [0.25, 0.3) is 0 Å². The maximum absolute atomic E-state index is 10.8. The molecule has 1 aromatic carbocycles. The highest BCUT2D eigenvalue weighted by atomic mass is 16.7. The van der Waals surface area contributed by atoms with Gasteiger partial charge >= 0.3 is 5.97 Å². The van der Waals surface area contributed by atoms with Crippen LogP contribution in [-0.4, -0.2) is 17.9 Å². The Morgan fingerprint density at radius 1 is 1.29 bits per heavy atom. The summed E-state index contributed by atoms with van der Waals surface area (Å²) < 4.78 is 15.8. The number of ether oxygens (including phenoxy) is 2. The van der Waals surface area contributed by atoms with Crippen molar-refractivity contribution < 1.29 is 23.8 Å². The molecule has 2 heterocycles. The van der Waals surface area contributed by atoms with E-state index in [1.165, 1.54) is 6.07 Å². The Balaban J connectivity index is 1.62. The van der Waals surface area contributed by atoms with Crippen molar-refractivity contribution in [1.29, 1.82) is 0 Å². The molecule has 0 amide bonds. The highest BCUT2D eigenvalue weighted by Gasteiger charge is 2.15. The largest absolute Gasteiger partial charge is 0.475 e. The summed E-state index contributed by atoms with van der Waals surface area (Å²) in [5.41, 5.74) is 1.05. The van der Waals surface area contributed by atoms with Crippen molar-refractivity contribution in [3.63, 3.8) is 0 Å². The van der Waals surface area contributed by atoms with Gasteiger partial charge in [-0.3, -0.25) is 0 Å². The van der Waals surface area contributed by atoms with Crippen LogP contribution in [-0.2, 0) is 6.54 Å². The van der Waals surface area contributed by atoms with Gasteiger partial charge in [0.25, 0.3) is 0 Å². The lowest BCUT2D eigenvalue weighted by atomic mass is 10.2. The van der Waals surface area contributed by atoms with E-state index in [-0.39, 0.29) is 18.6 Å². The fourth-order valence-electron chi connectivity index (χ4n) is 2.12. The molecule has 1 unspecified atom stereocenters. The van der Waals surface area contributed by atoms with Crippen LogP contribution in [0.5, 0.6) is 11.5 Å². The van der Waals surface area contributed by atoms with E-state index < -0.39 is 5.97 Å². The number of rotatable bonds is 5. The van der Waals surface area contributed by atoms with Crippen LogP contribution in [0, 0.1) is 0 Å². The van der Waals surface area contributed by atoms with Gasteiger partial charge in [-0.2, -0.15) is 0 Å². The fraction of sp³-hybridized carbons (Fsp3) is 0.267. The molecule has 0 spiro atoms. The van der Waals surface area contributed by atoms with Crippen molar-refractivity contribution >= 4 is 5.97 Å². The van der Waals surface area contributed by atoms with Gasteiger partial charge in [0.15, 0.2) is 11.5 Å². The minimum atomic E-state index is -1.07. The molecule has 1 aliphatic rings. The van der Waals surface area contributed by atoms with Crippen LogP contribution in [0.3, 0.4) is 0 Å². The number of carboxylic acid groups (broad SMARTS) is 1. The predicted octanol–water partition coefficient (Wildman–Crippen LogP) is 2.56. The second-order valence-electron chi connectivity index (χ2n) is 4.80. The molecular formula is C15H15NO5. The van der Waals surface area contributed by atoms with Gasteiger partial charge in [0.2, 0.25) is 12.6 Å². The lowest BCUT2D eigenvalue weighted by molar-refractivity contribution is 0.0659. The minimum Gasteiger partial charge on any atom is -0.475 e. The zero-order valence-electron chi connectivity index (χ0n) is 11.5. The SMILES string of the molecule is CC(NCc1ccc2c(c1)OCO2)c1ccc(C(=O)O)o1. The van der Waals surface area contributed by atoms with E-state index in [4.69, 9.17) is 19.0 Å². The predicted molar refractivity (Wildman–Crippen MR) is 73.5 cm³/mol. The highest BCUT2D eigenvalue weighted by Crippen LogP contribution is 2.32. The van der Waals surface area contributed by atoms with Crippen molar-refractivity contribution in [2.75, 3.05) is 6.79 Å². The molecule has 3 rings (SSSR count). The number of hydrogen-bond acceptors (Lipinski definition) is 5. The number of carboxylic acids is 1. The van der Waals surface area contributed by atoms with Crippen LogP contribution in [0.1, 0.15) is 34.8 Å². The van der Waals surface area contributed by atoms with Gasteiger partial charge in [-0.15, -0.1) is 0 Å². The molecule has 1 atom stereocenters. The Kier molecular flexibility index (Phi) is 3.53. The zero-order chi connectivity index (χ0) is 14.8. The number of benzene rings is 1. The molecule has 6 nitrogen and oxygen atoms in total. The smallest absolute Gasteiger partial charge is 0.371 e. The molecule has 0 saturated heterocycles. The summed E-state index contributed by atoms with van der Waals surface area (Å²) in [7, 11) is 0. The molecule has 1 aromatic heterocycles. The van der Waals surface area contributed by atoms with E-state index in [1.807, 2.05) is 25.1 Å². The van der Waals surface area contributed by atoms with Gasteiger partial charge in [-0.05, 0) is 36.8 Å². The van der Waals surface area contributed by atoms with Gasteiger partial charge < -0.3 is 24.3 Å². The van der Waals surface area contributed by atoms with Crippen LogP contribution in [0.2, 0.25) is 0 Å².